The van der Waals surface area contributed by atoms with Crippen LogP contribution in [0.2, 0.25) is 0 Å². The molecule has 2 rings (SSSR count). The predicted molar refractivity (Wildman–Crippen MR) is 68.5 cm³/mol. The second-order valence-electron chi connectivity index (χ2n) is 4.96. The molecule has 0 spiro atoms. The summed E-state index contributed by atoms with van der Waals surface area (Å²) in [5.74, 6) is 0.725. The minimum absolute atomic E-state index is 0.0369. The number of thiazole rings is 1. The molecule has 0 amide bonds. The highest BCUT2D eigenvalue weighted by Crippen LogP contribution is 2.37. The van der Waals surface area contributed by atoms with E-state index in [4.69, 9.17) is 5.73 Å². The molecule has 1 aromatic heterocycles. The minimum atomic E-state index is -0.0369. The van der Waals surface area contributed by atoms with Crippen molar-refractivity contribution in [1.82, 2.24) is 10.3 Å². The second-order valence-corrected chi connectivity index (χ2v) is 6.16. The molecule has 1 atom stereocenters. The van der Waals surface area contributed by atoms with Crippen LogP contribution in [0.3, 0.4) is 0 Å². The first-order valence-electron chi connectivity index (χ1n) is 6.05. The highest BCUT2D eigenvalue weighted by atomic mass is 32.1. The number of rotatable bonds is 6. The number of nitrogens with two attached hydrogens (primary N) is 1. The number of hydrogen-bond donors (Lipinski definition) is 2. The lowest BCUT2D eigenvalue weighted by Crippen LogP contribution is -2.47. The smallest absolute Gasteiger partial charge is 0.107 e. The van der Waals surface area contributed by atoms with E-state index in [1.54, 1.807) is 11.3 Å². The van der Waals surface area contributed by atoms with Gasteiger partial charge in [0.15, 0.2) is 0 Å². The maximum atomic E-state index is 6.24. The van der Waals surface area contributed by atoms with Gasteiger partial charge in [0.25, 0.3) is 0 Å². The lowest BCUT2D eigenvalue weighted by atomic mass is 9.97. The maximum absolute atomic E-state index is 6.24. The number of hydrogen-bond acceptors (Lipinski definition) is 4. The monoisotopic (exact) mass is 239 g/mol. The van der Waals surface area contributed by atoms with Crippen LogP contribution in [-0.4, -0.2) is 17.1 Å². The van der Waals surface area contributed by atoms with Crippen LogP contribution in [-0.2, 0) is 13.0 Å². The molecule has 1 fully saturated rings. The molecular weight excluding hydrogens is 218 g/mol. The number of aryl methyl sites for hydroxylation is 1. The quantitative estimate of drug-likeness (QED) is 0.797. The Hall–Kier alpha value is -0.450. The summed E-state index contributed by atoms with van der Waals surface area (Å²) in [6.45, 7) is 6.05. The lowest BCUT2D eigenvalue weighted by molar-refractivity contribution is 0.380. The summed E-state index contributed by atoms with van der Waals surface area (Å²) < 4.78 is 0. The van der Waals surface area contributed by atoms with Crippen LogP contribution in [0.1, 0.15) is 36.6 Å². The molecule has 0 aliphatic heterocycles. The Morgan fingerprint density at radius 1 is 1.62 bits per heavy atom. The Balaban J connectivity index is 1.74. The van der Waals surface area contributed by atoms with Crippen LogP contribution in [0.25, 0.3) is 0 Å². The molecule has 16 heavy (non-hydrogen) atoms. The zero-order valence-electron chi connectivity index (χ0n) is 10.1. The van der Waals surface area contributed by atoms with Gasteiger partial charge in [-0.1, -0.05) is 6.92 Å². The van der Waals surface area contributed by atoms with E-state index < -0.39 is 0 Å². The van der Waals surface area contributed by atoms with E-state index in [1.165, 1.54) is 22.7 Å². The third-order valence-electron chi connectivity index (χ3n) is 3.24. The summed E-state index contributed by atoms with van der Waals surface area (Å²) in [6.07, 6.45) is 5.65. The maximum Gasteiger partial charge on any atom is 0.107 e. The Kier molecular flexibility index (Phi) is 3.62. The molecular formula is C12H21N3S. The molecule has 1 heterocycles. The van der Waals surface area contributed by atoms with E-state index in [1.807, 2.05) is 6.20 Å². The Morgan fingerprint density at radius 2 is 2.38 bits per heavy atom. The Morgan fingerprint density at radius 3 is 2.94 bits per heavy atom. The first-order chi connectivity index (χ1) is 7.62. The molecule has 1 aromatic rings. The molecule has 0 bridgehead atoms. The van der Waals surface area contributed by atoms with Crippen molar-refractivity contribution in [3.63, 3.8) is 0 Å². The SMILES string of the molecule is CCc1cnc(CNCC(C)(N)C2CC2)s1. The third-order valence-corrected chi connectivity index (χ3v) is 4.38. The van der Waals surface area contributed by atoms with Gasteiger partial charge in [-0.25, -0.2) is 4.98 Å². The average Bonchev–Trinajstić information content (AvgIpc) is 3.01. The van der Waals surface area contributed by atoms with Crippen molar-refractivity contribution >= 4 is 11.3 Å². The van der Waals surface area contributed by atoms with E-state index in [0.717, 1.165) is 25.4 Å². The van der Waals surface area contributed by atoms with E-state index in [2.05, 4.69) is 24.1 Å². The van der Waals surface area contributed by atoms with Gasteiger partial charge in [0.1, 0.15) is 5.01 Å². The van der Waals surface area contributed by atoms with E-state index in [9.17, 15) is 0 Å². The molecule has 0 radical (unpaired) electrons. The van der Waals surface area contributed by atoms with Gasteiger partial charge in [-0.15, -0.1) is 11.3 Å². The van der Waals surface area contributed by atoms with Crippen LogP contribution < -0.4 is 11.1 Å². The average molecular weight is 239 g/mol. The van der Waals surface area contributed by atoms with Gasteiger partial charge in [0, 0.05) is 29.7 Å². The first-order valence-corrected chi connectivity index (χ1v) is 6.86. The molecule has 1 aliphatic carbocycles. The molecule has 90 valence electrons. The fraction of sp³-hybridized carbons (Fsp3) is 0.750. The van der Waals surface area contributed by atoms with Gasteiger partial charge in [-0.2, -0.15) is 0 Å². The van der Waals surface area contributed by atoms with Crippen molar-refractivity contribution in [2.75, 3.05) is 6.54 Å². The van der Waals surface area contributed by atoms with Gasteiger partial charge >= 0.3 is 0 Å². The third kappa shape index (κ3) is 3.03. The Labute approximate surface area is 101 Å². The Bertz CT molecular complexity index is 342. The van der Waals surface area contributed by atoms with Gasteiger partial charge in [0.05, 0.1) is 0 Å². The van der Waals surface area contributed by atoms with Crippen molar-refractivity contribution in [2.45, 2.75) is 45.2 Å². The van der Waals surface area contributed by atoms with Gasteiger partial charge in [-0.3, -0.25) is 0 Å². The van der Waals surface area contributed by atoms with Crippen molar-refractivity contribution in [1.29, 1.82) is 0 Å². The fourth-order valence-corrected chi connectivity index (χ4v) is 2.75. The van der Waals surface area contributed by atoms with Crippen molar-refractivity contribution in [2.24, 2.45) is 11.7 Å². The normalized spacial score (nSPS) is 19.7. The minimum Gasteiger partial charge on any atom is -0.324 e. The molecule has 1 aliphatic rings. The van der Waals surface area contributed by atoms with Gasteiger partial charge in [0.2, 0.25) is 0 Å². The largest absolute Gasteiger partial charge is 0.324 e. The van der Waals surface area contributed by atoms with Crippen LogP contribution in [0, 0.1) is 5.92 Å². The molecule has 0 saturated heterocycles. The zero-order valence-corrected chi connectivity index (χ0v) is 10.9. The molecule has 0 aromatic carbocycles. The highest BCUT2D eigenvalue weighted by Gasteiger charge is 2.37. The van der Waals surface area contributed by atoms with Crippen molar-refractivity contribution in [3.8, 4) is 0 Å². The van der Waals surface area contributed by atoms with E-state index in [0.29, 0.717) is 0 Å². The number of aromatic nitrogens is 1. The predicted octanol–water partition coefficient (Wildman–Crippen LogP) is 1.92. The number of nitrogens with one attached hydrogen (secondary N) is 1. The van der Waals surface area contributed by atoms with Crippen LogP contribution in [0.5, 0.6) is 0 Å². The summed E-state index contributed by atoms with van der Waals surface area (Å²) >= 11 is 1.79. The molecule has 4 heteroatoms. The summed E-state index contributed by atoms with van der Waals surface area (Å²) in [5, 5.41) is 4.59. The summed E-state index contributed by atoms with van der Waals surface area (Å²) in [7, 11) is 0. The summed E-state index contributed by atoms with van der Waals surface area (Å²) in [5.41, 5.74) is 6.20. The van der Waals surface area contributed by atoms with Crippen LogP contribution in [0.15, 0.2) is 6.20 Å². The zero-order chi connectivity index (χ0) is 11.6. The van der Waals surface area contributed by atoms with Crippen molar-refractivity contribution < 1.29 is 0 Å². The standard InChI is InChI=1S/C12H21N3S/c1-3-10-6-15-11(16-10)7-14-8-12(2,13)9-4-5-9/h6,9,14H,3-5,7-8,13H2,1-2H3. The fourth-order valence-electron chi connectivity index (χ4n) is 1.92. The van der Waals surface area contributed by atoms with E-state index >= 15 is 0 Å². The topological polar surface area (TPSA) is 50.9 Å². The lowest BCUT2D eigenvalue weighted by Gasteiger charge is -2.24. The molecule has 1 unspecified atom stereocenters. The molecule has 3 nitrogen and oxygen atoms in total. The summed E-state index contributed by atoms with van der Waals surface area (Å²) in [6, 6.07) is 0. The van der Waals surface area contributed by atoms with Gasteiger partial charge < -0.3 is 11.1 Å². The van der Waals surface area contributed by atoms with Crippen LogP contribution in [0.4, 0.5) is 0 Å². The first kappa shape index (κ1) is 12.0. The number of nitrogens with zero attached hydrogens (tertiary/aromatic N) is 1. The van der Waals surface area contributed by atoms with Crippen LogP contribution >= 0.6 is 11.3 Å². The van der Waals surface area contributed by atoms with E-state index in [-0.39, 0.29) is 5.54 Å². The molecule has 1 saturated carbocycles. The second kappa shape index (κ2) is 4.82. The van der Waals surface area contributed by atoms with Gasteiger partial charge in [-0.05, 0) is 32.1 Å². The highest BCUT2D eigenvalue weighted by molar-refractivity contribution is 7.11. The molecule has 3 N–H and O–H groups in total. The summed E-state index contributed by atoms with van der Waals surface area (Å²) in [4.78, 5) is 5.74. The van der Waals surface area contributed by atoms with Crippen molar-refractivity contribution in [3.05, 3.63) is 16.1 Å².